The third kappa shape index (κ3) is 4.32. The summed E-state index contributed by atoms with van der Waals surface area (Å²) in [4.78, 5) is 13.0. The molecule has 0 saturated carbocycles. The van der Waals surface area contributed by atoms with E-state index in [0.717, 1.165) is 12.8 Å². The minimum absolute atomic E-state index is 0.109. The lowest BCUT2D eigenvalue weighted by molar-refractivity contribution is -0.122. The number of nitrogens with one attached hydrogen (secondary N) is 1. The summed E-state index contributed by atoms with van der Waals surface area (Å²) in [7, 11) is -7.14. The van der Waals surface area contributed by atoms with Crippen molar-refractivity contribution in [3.8, 4) is 5.75 Å². The largest absolute Gasteiger partial charge is 0.476 e. The maximum Gasteiger partial charge on any atom is 0.267 e. The van der Waals surface area contributed by atoms with Crippen LogP contribution in [-0.2, 0) is 24.8 Å². The van der Waals surface area contributed by atoms with Crippen LogP contribution in [0.5, 0.6) is 5.75 Å². The van der Waals surface area contributed by atoms with Gasteiger partial charge in [-0.2, -0.15) is 4.31 Å². The molecule has 2 aromatic carbocycles. The second kappa shape index (κ2) is 8.72. The van der Waals surface area contributed by atoms with Gasteiger partial charge in [0.25, 0.3) is 5.91 Å². The average Bonchev–Trinajstić information content (AvgIpc) is 3.34. The molecule has 0 aliphatic carbocycles. The van der Waals surface area contributed by atoms with E-state index in [4.69, 9.17) is 4.74 Å². The van der Waals surface area contributed by atoms with Crippen molar-refractivity contribution in [1.82, 2.24) is 4.31 Å². The van der Waals surface area contributed by atoms with Crippen LogP contribution < -0.4 is 14.4 Å². The third-order valence-corrected chi connectivity index (χ3v) is 9.21. The van der Waals surface area contributed by atoms with Crippen molar-refractivity contribution >= 4 is 37.3 Å². The van der Waals surface area contributed by atoms with Crippen molar-refractivity contribution in [2.45, 2.75) is 30.8 Å². The molecule has 4 rings (SSSR count). The summed E-state index contributed by atoms with van der Waals surface area (Å²) >= 11 is 0. The summed E-state index contributed by atoms with van der Waals surface area (Å²) in [6.07, 6.45) is 0.643. The number of anilines is 2. The van der Waals surface area contributed by atoms with Gasteiger partial charge in [0.15, 0.2) is 6.10 Å². The monoisotopic (exact) mass is 479 g/mol. The predicted molar refractivity (Wildman–Crippen MR) is 121 cm³/mol. The van der Waals surface area contributed by atoms with Gasteiger partial charge < -0.3 is 10.1 Å². The Morgan fingerprint density at radius 1 is 1.03 bits per heavy atom. The molecule has 1 saturated heterocycles. The number of nitrogens with zero attached hydrogens (tertiary/aromatic N) is 2. The van der Waals surface area contributed by atoms with Crippen molar-refractivity contribution in [2.24, 2.45) is 0 Å². The number of sulfonamides is 2. The molecular weight excluding hydrogens is 454 g/mol. The molecule has 0 radical (unpaired) electrons. The molecule has 1 atom stereocenters. The highest BCUT2D eigenvalue weighted by Crippen LogP contribution is 2.35. The third-order valence-electron chi connectivity index (χ3n) is 5.55. The normalized spacial score (nSPS) is 19.3. The highest BCUT2D eigenvalue weighted by molar-refractivity contribution is 7.92. The first kappa shape index (κ1) is 22.6. The van der Waals surface area contributed by atoms with E-state index in [1.807, 2.05) is 0 Å². The molecule has 0 bridgehead atoms. The molecule has 11 heteroatoms. The number of benzene rings is 2. The molecule has 0 spiro atoms. The van der Waals surface area contributed by atoms with Gasteiger partial charge in [-0.25, -0.2) is 16.8 Å². The zero-order valence-corrected chi connectivity index (χ0v) is 19.2. The minimum atomic E-state index is -3.60. The summed E-state index contributed by atoms with van der Waals surface area (Å²) in [6, 6.07) is 12.6. The molecule has 0 aromatic heterocycles. The van der Waals surface area contributed by atoms with Crippen LogP contribution in [0.4, 0.5) is 11.4 Å². The maximum absolute atomic E-state index is 12.8. The second-order valence-corrected chi connectivity index (χ2v) is 11.8. The summed E-state index contributed by atoms with van der Waals surface area (Å²) in [5.74, 6) is -0.322. The number of para-hydroxylation sites is 2. The Balaban J connectivity index is 1.50. The fourth-order valence-electron chi connectivity index (χ4n) is 3.77. The van der Waals surface area contributed by atoms with E-state index in [1.54, 1.807) is 31.2 Å². The SMILES string of the molecule is CCS(=O)(=O)N1C[C@@H](C(=O)Nc2ccc(S(=O)(=O)N3CCCC3)cc2)Oc2ccccc21. The number of carbonyl (C=O) groups excluding carboxylic acids is 1. The highest BCUT2D eigenvalue weighted by Gasteiger charge is 2.36. The quantitative estimate of drug-likeness (QED) is 0.678. The molecule has 1 amide bonds. The van der Waals surface area contributed by atoms with Crippen LogP contribution in [0.2, 0.25) is 0 Å². The van der Waals surface area contributed by atoms with Gasteiger partial charge in [0.1, 0.15) is 5.75 Å². The Morgan fingerprint density at radius 2 is 1.69 bits per heavy atom. The van der Waals surface area contributed by atoms with E-state index in [0.29, 0.717) is 30.2 Å². The Labute approximate surface area is 188 Å². The molecule has 0 unspecified atom stereocenters. The number of rotatable bonds is 6. The molecule has 172 valence electrons. The Morgan fingerprint density at radius 3 is 2.34 bits per heavy atom. The summed E-state index contributed by atoms with van der Waals surface area (Å²) in [6.45, 7) is 2.41. The lowest BCUT2D eigenvalue weighted by Gasteiger charge is -2.34. The van der Waals surface area contributed by atoms with Crippen molar-refractivity contribution in [3.05, 3.63) is 48.5 Å². The molecule has 2 aromatic rings. The zero-order valence-electron chi connectivity index (χ0n) is 17.6. The van der Waals surface area contributed by atoms with Gasteiger partial charge in [-0.1, -0.05) is 12.1 Å². The molecule has 1 N–H and O–H groups in total. The number of ether oxygens (including phenoxy) is 1. The van der Waals surface area contributed by atoms with E-state index in [-0.39, 0.29) is 17.2 Å². The molecular formula is C21H25N3O6S2. The maximum atomic E-state index is 12.8. The van der Waals surface area contributed by atoms with Gasteiger partial charge >= 0.3 is 0 Å². The second-order valence-electron chi connectivity index (χ2n) is 7.63. The van der Waals surface area contributed by atoms with Gasteiger partial charge in [0.05, 0.1) is 22.9 Å². The molecule has 9 nitrogen and oxygen atoms in total. The van der Waals surface area contributed by atoms with Crippen molar-refractivity contribution in [3.63, 3.8) is 0 Å². The standard InChI is InChI=1S/C21H25N3O6S2/c1-2-31(26,27)24-15-20(30-19-8-4-3-7-18(19)24)21(25)22-16-9-11-17(12-10-16)32(28,29)23-13-5-6-14-23/h3-4,7-12,20H,2,5-6,13-15H2,1H3,(H,22,25)/t20-/m0/s1. The van der Waals surface area contributed by atoms with E-state index < -0.39 is 32.1 Å². The Bertz CT molecular complexity index is 1210. The topological polar surface area (TPSA) is 113 Å². The number of hydrogen-bond donors (Lipinski definition) is 1. The van der Waals surface area contributed by atoms with Crippen LogP contribution in [0.25, 0.3) is 0 Å². The summed E-state index contributed by atoms with van der Waals surface area (Å²) in [5, 5.41) is 2.69. The number of carbonyl (C=O) groups is 1. The van der Waals surface area contributed by atoms with Crippen LogP contribution in [0, 0.1) is 0 Å². The summed E-state index contributed by atoms with van der Waals surface area (Å²) < 4.78 is 58.8. The molecule has 32 heavy (non-hydrogen) atoms. The van der Waals surface area contributed by atoms with Crippen molar-refractivity contribution < 1.29 is 26.4 Å². The first-order valence-corrected chi connectivity index (χ1v) is 13.4. The minimum Gasteiger partial charge on any atom is -0.476 e. The van der Waals surface area contributed by atoms with Gasteiger partial charge in [-0.15, -0.1) is 0 Å². The van der Waals surface area contributed by atoms with Crippen LogP contribution in [-0.4, -0.2) is 58.5 Å². The van der Waals surface area contributed by atoms with Gasteiger partial charge in [0, 0.05) is 18.8 Å². The van der Waals surface area contributed by atoms with Crippen LogP contribution >= 0.6 is 0 Å². The fourth-order valence-corrected chi connectivity index (χ4v) is 6.41. The van der Waals surface area contributed by atoms with Crippen LogP contribution in [0.1, 0.15) is 19.8 Å². The first-order valence-electron chi connectivity index (χ1n) is 10.4. The van der Waals surface area contributed by atoms with Gasteiger partial charge in [-0.3, -0.25) is 9.10 Å². The first-order chi connectivity index (χ1) is 15.2. The molecule has 2 aliphatic heterocycles. The van der Waals surface area contributed by atoms with E-state index >= 15 is 0 Å². The van der Waals surface area contributed by atoms with Gasteiger partial charge in [0.2, 0.25) is 20.0 Å². The van der Waals surface area contributed by atoms with Crippen molar-refractivity contribution in [2.75, 3.05) is 35.0 Å². The van der Waals surface area contributed by atoms with E-state index in [1.165, 1.54) is 32.9 Å². The fraction of sp³-hybridized carbons (Fsp3) is 0.381. The lowest BCUT2D eigenvalue weighted by Crippen LogP contribution is -2.49. The summed E-state index contributed by atoms with van der Waals surface area (Å²) in [5.41, 5.74) is 0.789. The molecule has 1 fully saturated rings. The van der Waals surface area contributed by atoms with Crippen LogP contribution in [0.15, 0.2) is 53.4 Å². The molecule has 2 heterocycles. The number of hydrogen-bond acceptors (Lipinski definition) is 6. The predicted octanol–water partition coefficient (Wildman–Crippen LogP) is 2.03. The number of amides is 1. The smallest absolute Gasteiger partial charge is 0.267 e. The highest BCUT2D eigenvalue weighted by atomic mass is 32.2. The lowest BCUT2D eigenvalue weighted by atomic mass is 10.2. The van der Waals surface area contributed by atoms with Crippen molar-refractivity contribution in [1.29, 1.82) is 0 Å². The van der Waals surface area contributed by atoms with E-state index in [9.17, 15) is 21.6 Å². The van der Waals surface area contributed by atoms with E-state index in [2.05, 4.69) is 5.32 Å². The Kier molecular flexibility index (Phi) is 6.15. The molecule has 2 aliphatic rings. The number of fused-ring (bicyclic) bond motifs is 1. The zero-order chi connectivity index (χ0) is 22.9. The van der Waals surface area contributed by atoms with Gasteiger partial charge in [-0.05, 0) is 56.2 Å². The Hall–Kier alpha value is -2.63. The van der Waals surface area contributed by atoms with Crippen LogP contribution in [0.3, 0.4) is 0 Å². The average molecular weight is 480 g/mol.